The lowest BCUT2D eigenvalue weighted by Crippen LogP contribution is -2.05. The third-order valence-corrected chi connectivity index (χ3v) is 10.3. The van der Waals surface area contributed by atoms with Crippen LogP contribution in [0.25, 0.3) is 33.3 Å². The molecule has 0 radical (unpaired) electrons. The highest BCUT2D eigenvalue weighted by Gasteiger charge is 2.23. The topological polar surface area (TPSA) is 70.9 Å². The molecule has 0 saturated heterocycles. The van der Waals surface area contributed by atoms with E-state index >= 15 is 0 Å². The Morgan fingerprint density at radius 1 is 0.553 bits per heavy atom. The number of hydrazine groups is 1. The van der Waals surface area contributed by atoms with Crippen molar-refractivity contribution in [3.05, 3.63) is 163 Å². The van der Waals surface area contributed by atoms with Crippen molar-refractivity contribution < 1.29 is 4.79 Å². The second-order valence-electron chi connectivity index (χ2n) is 10.8. The maximum atomic E-state index is 12.1. The van der Waals surface area contributed by atoms with Gasteiger partial charge in [0.25, 0.3) is 0 Å². The van der Waals surface area contributed by atoms with Crippen molar-refractivity contribution in [2.75, 3.05) is 5.43 Å². The number of rotatable bonds is 1. The molecule has 0 saturated carbocycles. The summed E-state index contributed by atoms with van der Waals surface area (Å²) in [5.41, 5.74) is 11.8. The monoisotopic (exact) mass is 649 g/mol. The van der Waals surface area contributed by atoms with Gasteiger partial charge < -0.3 is 10.4 Å². The Kier molecular flexibility index (Phi) is 9.93. The molecule has 4 N–H and O–H groups in total. The molecule has 7 aromatic rings. The van der Waals surface area contributed by atoms with Crippen molar-refractivity contribution in [2.24, 2.45) is 5.84 Å². The molecular weight excluding hydrogens is 615 g/mol. The van der Waals surface area contributed by atoms with E-state index in [-0.39, 0.29) is 13.2 Å². The highest BCUT2D eigenvalue weighted by molar-refractivity contribution is 7.99. The molecule has 232 valence electrons. The highest BCUT2D eigenvalue weighted by Crippen LogP contribution is 2.49. The summed E-state index contributed by atoms with van der Waals surface area (Å²) >= 11 is 3.54. The van der Waals surface area contributed by atoms with Gasteiger partial charge in [-0.15, -0.1) is 0 Å². The fourth-order valence-corrected chi connectivity index (χ4v) is 7.91. The summed E-state index contributed by atoms with van der Waals surface area (Å²) in [6, 6.07) is 51.5. The molecule has 1 aromatic heterocycles. The molecule has 0 fully saturated rings. The summed E-state index contributed by atoms with van der Waals surface area (Å²) in [6.07, 6.45) is 0.514. The van der Waals surface area contributed by atoms with Gasteiger partial charge in [-0.1, -0.05) is 140 Å². The number of nitrogens with one attached hydrogen (secondary N) is 2. The van der Waals surface area contributed by atoms with Gasteiger partial charge in [-0.3, -0.25) is 10.6 Å². The zero-order chi connectivity index (χ0) is 31.3. The molecular formula is C41H35N3OS2. The van der Waals surface area contributed by atoms with E-state index in [0.29, 0.717) is 6.42 Å². The lowest BCUT2D eigenvalue weighted by Gasteiger charge is -2.06. The minimum Gasteiger partial charge on any atom is -0.354 e. The fourth-order valence-electron chi connectivity index (χ4n) is 5.72. The molecule has 9 rings (SSSR count). The molecule has 3 heterocycles. The van der Waals surface area contributed by atoms with Gasteiger partial charge in [0.2, 0.25) is 0 Å². The number of aromatic amines is 1. The van der Waals surface area contributed by atoms with Gasteiger partial charge in [-0.2, -0.15) is 0 Å². The van der Waals surface area contributed by atoms with Crippen molar-refractivity contribution in [3.63, 3.8) is 0 Å². The Balaban J connectivity index is 0.000000136. The van der Waals surface area contributed by atoms with Gasteiger partial charge in [0, 0.05) is 59.3 Å². The van der Waals surface area contributed by atoms with Crippen LogP contribution in [0, 0.1) is 0 Å². The molecule has 0 unspecified atom stereocenters. The van der Waals surface area contributed by atoms with Gasteiger partial charge in [-0.05, 0) is 53.6 Å². The van der Waals surface area contributed by atoms with Crippen LogP contribution in [0.2, 0.25) is 0 Å². The molecule has 0 amide bonds. The quantitative estimate of drug-likeness (QED) is 0.122. The standard InChI is InChI=1S/C20H13NS.C14H10OS.C6H8N2.CH4/c1-4-10-16-13(7-1)19-14-8-2-5-11-17(14)22-18-12-6-3-9-15(18)20(19)21-16;15-12-9-10-5-1-3-7-13(10)16-14-8-4-2-6-11(12)14;7-8-6-4-2-1-3-5-6;/h1-12,21H;1-8H,9H2;1-5,8H,7H2;1H4. The van der Waals surface area contributed by atoms with Crippen LogP contribution in [0.1, 0.15) is 23.3 Å². The van der Waals surface area contributed by atoms with E-state index in [2.05, 4.69) is 89.3 Å². The number of anilines is 1. The van der Waals surface area contributed by atoms with Crippen molar-refractivity contribution in [1.82, 2.24) is 4.98 Å². The third-order valence-electron chi connectivity index (χ3n) is 7.91. The maximum Gasteiger partial charge on any atom is 0.168 e. The number of nitrogen functional groups attached to an aromatic ring is 1. The first-order valence-electron chi connectivity index (χ1n) is 15.1. The zero-order valence-electron chi connectivity index (χ0n) is 24.9. The number of nitrogens with two attached hydrogens (primary N) is 1. The van der Waals surface area contributed by atoms with E-state index in [9.17, 15) is 4.79 Å². The van der Waals surface area contributed by atoms with Crippen molar-refractivity contribution in [2.45, 2.75) is 33.4 Å². The van der Waals surface area contributed by atoms with Crippen LogP contribution in [0.5, 0.6) is 0 Å². The van der Waals surface area contributed by atoms with Crippen LogP contribution in [0.3, 0.4) is 0 Å². The number of benzene rings is 6. The first kappa shape index (κ1) is 32.0. The molecule has 6 aromatic carbocycles. The summed E-state index contributed by atoms with van der Waals surface area (Å²) in [7, 11) is 0. The number of carbonyl (C=O) groups is 1. The number of hydrogen-bond donors (Lipinski definition) is 3. The Hall–Kier alpha value is -5.01. The number of hydrogen-bond acceptors (Lipinski definition) is 5. The van der Waals surface area contributed by atoms with Gasteiger partial charge in [0.1, 0.15) is 0 Å². The average Bonchev–Trinajstić information content (AvgIpc) is 3.35. The summed E-state index contributed by atoms with van der Waals surface area (Å²) < 4.78 is 0. The van der Waals surface area contributed by atoms with Crippen molar-refractivity contribution >= 4 is 45.9 Å². The first-order valence-corrected chi connectivity index (χ1v) is 16.7. The number of para-hydroxylation sites is 2. The molecule has 0 spiro atoms. The van der Waals surface area contributed by atoms with Gasteiger partial charge >= 0.3 is 0 Å². The molecule has 6 heteroatoms. The fraction of sp³-hybridized carbons (Fsp3) is 0.0488. The Morgan fingerprint density at radius 2 is 1.06 bits per heavy atom. The molecule has 0 aliphatic carbocycles. The normalized spacial score (nSPS) is 12.0. The van der Waals surface area contributed by atoms with Crippen molar-refractivity contribution in [3.8, 4) is 22.4 Å². The lowest BCUT2D eigenvalue weighted by molar-refractivity contribution is 0.0990. The Bertz CT molecular complexity index is 2160. The third kappa shape index (κ3) is 6.76. The number of carbonyl (C=O) groups excluding carboxylic acids is 1. The molecule has 0 bridgehead atoms. The van der Waals surface area contributed by atoms with E-state index < -0.39 is 0 Å². The van der Waals surface area contributed by atoms with Crippen LogP contribution in [0.15, 0.2) is 171 Å². The molecule has 47 heavy (non-hydrogen) atoms. The molecule has 2 aliphatic rings. The van der Waals surface area contributed by atoms with Crippen LogP contribution < -0.4 is 11.3 Å². The van der Waals surface area contributed by atoms with Crippen molar-refractivity contribution in [1.29, 1.82) is 0 Å². The molecule has 2 aliphatic heterocycles. The van der Waals surface area contributed by atoms with E-state index in [1.807, 2.05) is 84.6 Å². The summed E-state index contributed by atoms with van der Waals surface area (Å²) in [5.74, 6) is 5.32. The minimum absolute atomic E-state index is 0. The maximum absolute atomic E-state index is 12.1. The van der Waals surface area contributed by atoms with Gasteiger partial charge in [0.15, 0.2) is 5.78 Å². The summed E-state index contributed by atoms with van der Waals surface area (Å²) in [6.45, 7) is 0. The Labute approximate surface area is 284 Å². The molecule has 4 nitrogen and oxygen atoms in total. The number of H-pyrrole nitrogens is 1. The van der Waals surface area contributed by atoms with E-state index in [0.717, 1.165) is 21.7 Å². The van der Waals surface area contributed by atoms with Crippen LogP contribution in [-0.2, 0) is 6.42 Å². The predicted molar refractivity (Wildman–Crippen MR) is 199 cm³/mol. The van der Waals surface area contributed by atoms with E-state index in [1.54, 1.807) is 11.8 Å². The van der Waals surface area contributed by atoms with E-state index in [4.69, 9.17) is 5.84 Å². The van der Waals surface area contributed by atoms with Crippen LogP contribution >= 0.6 is 23.5 Å². The smallest absolute Gasteiger partial charge is 0.168 e. The average molecular weight is 650 g/mol. The molecule has 0 atom stereocenters. The zero-order valence-corrected chi connectivity index (χ0v) is 26.6. The Morgan fingerprint density at radius 3 is 1.77 bits per heavy atom. The number of aromatic nitrogens is 1. The minimum atomic E-state index is 0. The largest absolute Gasteiger partial charge is 0.354 e. The number of Topliss-reactive ketones (excluding diaryl/α,β-unsaturated/α-hetero) is 1. The first-order chi connectivity index (χ1) is 22.7. The SMILES string of the molecule is C.NNc1ccccc1.O=C1Cc2ccccc2Sc2ccccc21.c1ccc2c(c1)Sc1ccccc1-c1c-2[nH]c2ccccc12. The van der Waals surface area contributed by atoms with Crippen LogP contribution in [0.4, 0.5) is 5.69 Å². The highest BCUT2D eigenvalue weighted by atomic mass is 32.2. The summed E-state index contributed by atoms with van der Waals surface area (Å²) in [5, 5.41) is 1.29. The van der Waals surface area contributed by atoms with Crippen LogP contribution in [-0.4, -0.2) is 10.8 Å². The number of fused-ring (bicyclic) bond motifs is 9. The predicted octanol–water partition coefficient (Wildman–Crippen LogP) is 11.2. The lowest BCUT2D eigenvalue weighted by atomic mass is 9.98. The van der Waals surface area contributed by atoms with Gasteiger partial charge in [-0.25, -0.2) is 0 Å². The number of ketones is 1. The summed E-state index contributed by atoms with van der Waals surface area (Å²) in [4.78, 5) is 20.6. The van der Waals surface area contributed by atoms with Gasteiger partial charge in [0.05, 0.1) is 5.69 Å². The second kappa shape index (κ2) is 14.6. The second-order valence-corrected chi connectivity index (χ2v) is 13.0. The van der Waals surface area contributed by atoms with E-state index in [1.165, 1.54) is 48.0 Å².